The van der Waals surface area contributed by atoms with E-state index >= 15 is 0 Å². The topological polar surface area (TPSA) is 70.3 Å². The largest absolute Gasteiger partial charge is 0.488 e. The number of rotatable bonds is 4. The summed E-state index contributed by atoms with van der Waals surface area (Å²) < 4.78 is 6.57. The fourth-order valence-electron chi connectivity index (χ4n) is 1.83. The third-order valence-electron chi connectivity index (χ3n) is 3.03. The Kier molecular flexibility index (Phi) is 4.81. The van der Waals surface area contributed by atoms with Crippen molar-refractivity contribution >= 4 is 28.6 Å². The van der Waals surface area contributed by atoms with Gasteiger partial charge in [-0.05, 0) is 71.0 Å². The molecule has 0 aromatic heterocycles. The number of nitrogens with zero attached hydrogens (tertiary/aromatic N) is 1. The summed E-state index contributed by atoms with van der Waals surface area (Å²) in [5.41, 5.74) is 2.74. The van der Waals surface area contributed by atoms with Gasteiger partial charge in [0.1, 0.15) is 12.4 Å². The zero-order valence-corrected chi connectivity index (χ0v) is 13.4. The van der Waals surface area contributed by atoms with Gasteiger partial charge in [0, 0.05) is 0 Å². The van der Waals surface area contributed by atoms with E-state index in [9.17, 15) is 4.79 Å². The normalized spacial score (nSPS) is 9.95. The molecule has 0 radical (unpaired) electrons. The number of benzene rings is 2. The van der Waals surface area contributed by atoms with Gasteiger partial charge in [-0.2, -0.15) is 5.26 Å². The molecule has 0 aliphatic heterocycles. The highest BCUT2D eigenvalue weighted by Gasteiger charge is 2.09. The van der Waals surface area contributed by atoms with Crippen LogP contribution in [0.15, 0.2) is 36.4 Å². The summed E-state index contributed by atoms with van der Waals surface area (Å²) in [6.07, 6.45) is 0. The van der Waals surface area contributed by atoms with Gasteiger partial charge in [-0.3, -0.25) is 0 Å². The van der Waals surface area contributed by atoms with Crippen molar-refractivity contribution in [2.24, 2.45) is 0 Å². The van der Waals surface area contributed by atoms with Gasteiger partial charge in [0.15, 0.2) is 0 Å². The lowest BCUT2D eigenvalue weighted by Gasteiger charge is -2.11. The van der Waals surface area contributed by atoms with Crippen LogP contribution < -0.4 is 4.74 Å². The maximum Gasteiger partial charge on any atom is 0.335 e. The number of aryl methyl sites for hydroxylation is 1. The summed E-state index contributed by atoms with van der Waals surface area (Å²) in [6, 6.07) is 12.3. The zero-order chi connectivity index (χ0) is 15.4. The van der Waals surface area contributed by atoms with E-state index in [0.29, 0.717) is 17.9 Å². The molecule has 0 amide bonds. The maximum atomic E-state index is 11.0. The number of hydrogen-bond donors (Lipinski definition) is 1. The summed E-state index contributed by atoms with van der Waals surface area (Å²) in [5, 5.41) is 17.8. The van der Waals surface area contributed by atoms with E-state index in [4.69, 9.17) is 15.1 Å². The van der Waals surface area contributed by atoms with Crippen molar-refractivity contribution < 1.29 is 14.6 Å². The minimum absolute atomic E-state index is 0.196. The molecule has 21 heavy (non-hydrogen) atoms. The number of halogens is 1. The Hall–Kier alpha value is -2.07. The van der Waals surface area contributed by atoms with Crippen LogP contribution in [0.4, 0.5) is 0 Å². The summed E-state index contributed by atoms with van der Waals surface area (Å²) >= 11 is 2.10. The standard InChI is InChI=1S/C16H12INO3/c1-10-6-11(8-18)2-3-13(10)9-21-15-7-12(16(19)20)4-5-14(15)17/h2-7H,9H2,1H3,(H,19,20). The Morgan fingerprint density at radius 1 is 1.33 bits per heavy atom. The average molecular weight is 393 g/mol. The first kappa shape index (κ1) is 15.3. The fourth-order valence-corrected chi connectivity index (χ4v) is 2.32. The highest BCUT2D eigenvalue weighted by atomic mass is 127. The maximum absolute atomic E-state index is 11.0. The predicted octanol–water partition coefficient (Wildman–Crippen LogP) is 3.75. The minimum Gasteiger partial charge on any atom is -0.488 e. The number of carboxylic acids is 1. The van der Waals surface area contributed by atoms with Crippen LogP contribution in [0.5, 0.6) is 5.75 Å². The van der Waals surface area contributed by atoms with Gasteiger partial charge in [0.05, 0.1) is 20.8 Å². The van der Waals surface area contributed by atoms with Crippen molar-refractivity contribution in [1.29, 1.82) is 5.26 Å². The second-order valence-corrected chi connectivity index (χ2v) is 5.65. The molecule has 0 fully saturated rings. The van der Waals surface area contributed by atoms with Gasteiger partial charge in [0.2, 0.25) is 0 Å². The molecule has 106 valence electrons. The molecule has 0 saturated carbocycles. The van der Waals surface area contributed by atoms with Crippen molar-refractivity contribution in [3.63, 3.8) is 0 Å². The molecule has 0 saturated heterocycles. The third-order valence-corrected chi connectivity index (χ3v) is 3.92. The monoisotopic (exact) mass is 393 g/mol. The van der Waals surface area contributed by atoms with Gasteiger partial charge in [-0.15, -0.1) is 0 Å². The minimum atomic E-state index is -0.981. The summed E-state index contributed by atoms with van der Waals surface area (Å²) in [4.78, 5) is 11.0. The molecule has 0 heterocycles. The Balaban J connectivity index is 2.18. The van der Waals surface area contributed by atoms with E-state index in [0.717, 1.165) is 14.7 Å². The van der Waals surface area contributed by atoms with Crippen LogP contribution in [0, 0.1) is 21.8 Å². The molecule has 0 spiro atoms. The van der Waals surface area contributed by atoms with E-state index < -0.39 is 5.97 Å². The van der Waals surface area contributed by atoms with Crippen LogP contribution in [0.3, 0.4) is 0 Å². The lowest BCUT2D eigenvalue weighted by atomic mass is 10.1. The number of aromatic carboxylic acids is 1. The molecule has 0 aliphatic rings. The molecule has 5 heteroatoms. The van der Waals surface area contributed by atoms with Crippen LogP contribution >= 0.6 is 22.6 Å². The second-order valence-electron chi connectivity index (χ2n) is 4.49. The van der Waals surface area contributed by atoms with Crippen LogP contribution in [0.25, 0.3) is 0 Å². The Bertz CT molecular complexity index is 735. The van der Waals surface area contributed by atoms with Gasteiger partial charge < -0.3 is 9.84 Å². The molecule has 1 N–H and O–H groups in total. The smallest absolute Gasteiger partial charge is 0.335 e. The first-order chi connectivity index (χ1) is 10.0. The number of carboxylic acid groups (broad SMARTS) is 1. The molecule has 0 bridgehead atoms. The molecule has 2 aromatic rings. The van der Waals surface area contributed by atoms with Crippen LogP contribution in [-0.2, 0) is 6.61 Å². The lowest BCUT2D eigenvalue weighted by Crippen LogP contribution is -2.02. The van der Waals surface area contributed by atoms with E-state index in [1.54, 1.807) is 24.3 Å². The highest BCUT2D eigenvalue weighted by Crippen LogP contribution is 2.24. The van der Waals surface area contributed by atoms with Crippen molar-refractivity contribution in [3.05, 3.63) is 62.2 Å². The average Bonchev–Trinajstić information content (AvgIpc) is 2.47. The van der Waals surface area contributed by atoms with E-state index in [-0.39, 0.29) is 5.56 Å². The molecule has 2 aromatic carbocycles. The number of carbonyl (C=O) groups is 1. The van der Waals surface area contributed by atoms with Crippen molar-refractivity contribution in [3.8, 4) is 11.8 Å². The Morgan fingerprint density at radius 3 is 2.71 bits per heavy atom. The van der Waals surface area contributed by atoms with Crippen molar-refractivity contribution in [1.82, 2.24) is 0 Å². The van der Waals surface area contributed by atoms with Gasteiger partial charge >= 0.3 is 5.97 Å². The van der Waals surface area contributed by atoms with Gasteiger partial charge in [-0.1, -0.05) is 6.07 Å². The zero-order valence-electron chi connectivity index (χ0n) is 11.3. The van der Waals surface area contributed by atoms with Gasteiger partial charge in [0.25, 0.3) is 0 Å². The van der Waals surface area contributed by atoms with Crippen LogP contribution in [0.2, 0.25) is 0 Å². The Morgan fingerprint density at radius 2 is 2.10 bits per heavy atom. The molecular formula is C16H12INO3. The lowest BCUT2D eigenvalue weighted by molar-refractivity contribution is 0.0696. The number of hydrogen-bond acceptors (Lipinski definition) is 3. The first-order valence-electron chi connectivity index (χ1n) is 6.16. The number of nitriles is 1. The van der Waals surface area contributed by atoms with E-state index in [1.807, 2.05) is 13.0 Å². The third kappa shape index (κ3) is 3.73. The van der Waals surface area contributed by atoms with Crippen molar-refractivity contribution in [2.75, 3.05) is 0 Å². The highest BCUT2D eigenvalue weighted by molar-refractivity contribution is 14.1. The summed E-state index contributed by atoms with van der Waals surface area (Å²) in [5.74, 6) is -0.440. The predicted molar refractivity (Wildman–Crippen MR) is 86.3 cm³/mol. The van der Waals surface area contributed by atoms with Crippen molar-refractivity contribution in [2.45, 2.75) is 13.5 Å². The second kappa shape index (κ2) is 6.59. The van der Waals surface area contributed by atoms with Crippen LogP contribution in [0.1, 0.15) is 27.0 Å². The molecule has 4 nitrogen and oxygen atoms in total. The SMILES string of the molecule is Cc1cc(C#N)ccc1COc1cc(C(=O)O)ccc1I. The van der Waals surface area contributed by atoms with Gasteiger partial charge in [-0.25, -0.2) is 4.79 Å². The fraction of sp³-hybridized carbons (Fsp3) is 0.125. The van der Waals surface area contributed by atoms with E-state index in [2.05, 4.69) is 28.7 Å². The summed E-state index contributed by atoms with van der Waals surface area (Å²) in [7, 11) is 0. The summed E-state index contributed by atoms with van der Waals surface area (Å²) in [6.45, 7) is 2.24. The molecule has 2 rings (SSSR count). The van der Waals surface area contributed by atoms with E-state index in [1.165, 1.54) is 6.07 Å². The first-order valence-corrected chi connectivity index (χ1v) is 7.24. The molecule has 0 aliphatic carbocycles. The molecular weight excluding hydrogens is 381 g/mol. The van der Waals surface area contributed by atoms with Crippen LogP contribution in [-0.4, -0.2) is 11.1 Å². The molecule has 0 atom stereocenters. The quantitative estimate of drug-likeness (QED) is 0.804. The number of ether oxygens (including phenoxy) is 1. The molecule has 0 unspecified atom stereocenters. The Labute approximate surface area is 136 Å².